The fraction of sp³-hybridized carbons (Fsp3) is 0.700. The molecule has 1 atom stereocenters. The molecule has 1 aromatic carbocycles. The van der Waals surface area contributed by atoms with E-state index in [1.54, 1.807) is 20.8 Å². The van der Waals surface area contributed by atoms with Gasteiger partial charge in [-0.1, -0.05) is 45.0 Å². The summed E-state index contributed by atoms with van der Waals surface area (Å²) in [7, 11) is 0.618. The van der Waals surface area contributed by atoms with Gasteiger partial charge in [0.1, 0.15) is 0 Å². The van der Waals surface area contributed by atoms with Gasteiger partial charge in [-0.05, 0) is 16.5 Å². The van der Waals surface area contributed by atoms with Crippen LogP contribution in [0.5, 0.6) is 0 Å². The minimum atomic E-state index is -8.30. The van der Waals surface area contributed by atoms with Gasteiger partial charge in [-0.2, -0.15) is 65.9 Å². The third kappa shape index (κ3) is 4.97. The second-order valence-electron chi connectivity index (χ2n) is 8.88. The Hall–Kier alpha value is -1.87. The summed E-state index contributed by atoms with van der Waals surface area (Å²) in [6.45, 7) is 4.86. The van der Waals surface area contributed by atoms with Gasteiger partial charge in [0.25, 0.3) is 0 Å². The van der Waals surface area contributed by atoms with Gasteiger partial charge in [-0.15, -0.1) is 0 Å². The fourth-order valence-electron chi connectivity index (χ4n) is 2.90. The second kappa shape index (κ2) is 9.15. The Labute approximate surface area is 194 Å². The van der Waals surface area contributed by atoms with Gasteiger partial charge in [-0.3, -0.25) is 0 Å². The molecule has 0 amide bonds. The van der Waals surface area contributed by atoms with Gasteiger partial charge in [0, 0.05) is 13.5 Å². The molecule has 0 aliphatic rings. The predicted molar refractivity (Wildman–Crippen MR) is 95.2 cm³/mol. The summed E-state index contributed by atoms with van der Waals surface area (Å²) in [4.78, 5) is 0. The topological polar surface area (TPSA) is 9.23 Å². The quantitative estimate of drug-likeness (QED) is 0.276. The average molecular weight is 560 g/mol. The summed E-state index contributed by atoms with van der Waals surface area (Å²) in [6, 6.07) is 4.75. The number of benzene rings is 1. The summed E-state index contributed by atoms with van der Waals surface area (Å²) in [5, 5.41) is 0. The van der Waals surface area contributed by atoms with E-state index in [0.29, 0.717) is 12.7 Å². The van der Waals surface area contributed by atoms with E-state index in [1.807, 2.05) is 0 Å². The number of hydrogen-bond donors (Lipinski definition) is 0. The lowest BCUT2D eigenvalue weighted by molar-refractivity contribution is -0.453. The number of halogens is 15. The van der Waals surface area contributed by atoms with Crippen LogP contribution in [0.2, 0.25) is 0 Å². The fourth-order valence-corrected chi connectivity index (χ4v) is 2.90. The van der Waals surface area contributed by atoms with E-state index in [1.165, 1.54) is 12.1 Å². The molecule has 0 heterocycles. The summed E-state index contributed by atoms with van der Waals surface area (Å²) in [5.41, 5.74) is -0.669. The highest BCUT2D eigenvalue weighted by Gasteiger charge is 2.93. The first kappa shape index (κ1) is 32.2. The molecule has 0 saturated heterocycles. The molecule has 1 unspecified atom stereocenters. The van der Waals surface area contributed by atoms with Crippen molar-refractivity contribution in [1.82, 2.24) is 0 Å². The van der Waals surface area contributed by atoms with E-state index >= 15 is 0 Å². The summed E-state index contributed by atoms with van der Waals surface area (Å²) in [6.07, 6.45) is -12.5. The third-order valence-corrected chi connectivity index (χ3v) is 5.24. The zero-order chi connectivity index (χ0) is 29.0. The summed E-state index contributed by atoms with van der Waals surface area (Å²) in [5.74, 6) is -46.6. The highest BCUT2D eigenvalue weighted by molar-refractivity contribution is 5.30. The van der Waals surface area contributed by atoms with Gasteiger partial charge < -0.3 is 4.74 Å². The van der Waals surface area contributed by atoms with E-state index in [-0.39, 0.29) is 5.56 Å². The van der Waals surface area contributed by atoms with E-state index in [0.717, 1.165) is 12.1 Å². The zero-order valence-corrected chi connectivity index (χ0v) is 18.7. The number of ether oxygens (including phenoxy) is 1. The second-order valence-corrected chi connectivity index (χ2v) is 8.88. The van der Waals surface area contributed by atoms with Crippen LogP contribution in [0.25, 0.3) is 0 Å². The van der Waals surface area contributed by atoms with Crippen molar-refractivity contribution in [3.8, 4) is 0 Å². The molecule has 1 nitrogen and oxygen atoms in total. The normalized spacial score (nSPS) is 16.3. The lowest BCUT2D eigenvalue weighted by Gasteiger charge is -2.42. The Balaban J connectivity index is 3.53. The molecule has 16 heteroatoms. The molecule has 0 spiro atoms. The van der Waals surface area contributed by atoms with Crippen molar-refractivity contribution in [3.05, 3.63) is 35.4 Å². The van der Waals surface area contributed by atoms with Crippen LogP contribution in [-0.2, 0) is 10.2 Å². The third-order valence-electron chi connectivity index (χ3n) is 5.24. The first-order valence-electron chi connectivity index (χ1n) is 9.60. The molecule has 0 fully saturated rings. The predicted octanol–water partition coefficient (Wildman–Crippen LogP) is 8.44. The average Bonchev–Trinajstić information content (AvgIpc) is 2.69. The van der Waals surface area contributed by atoms with Crippen LogP contribution < -0.4 is 0 Å². The maximum Gasteiger partial charge on any atom is 0.460 e. The smallest absolute Gasteiger partial charge is 0.377 e. The summed E-state index contributed by atoms with van der Waals surface area (Å²) < 4.78 is 205. The monoisotopic (exact) mass is 560 g/mol. The minimum Gasteiger partial charge on any atom is -0.377 e. The van der Waals surface area contributed by atoms with Crippen molar-refractivity contribution >= 4 is 0 Å². The molecule has 0 radical (unpaired) electrons. The molecule has 0 aromatic heterocycles. The number of hydrogen-bond acceptors (Lipinski definition) is 1. The van der Waals surface area contributed by atoms with E-state index in [4.69, 9.17) is 0 Å². The first-order valence-corrected chi connectivity index (χ1v) is 9.60. The zero-order valence-electron chi connectivity index (χ0n) is 18.7. The van der Waals surface area contributed by atoms with E-state index < -0.39 is 59.7 Å². The number of rotatable bonds is 9. The highest BCUT2D eigenvalue weighted by atomic mass is 19.4. The SMILES string of the molecule is COC(CC(F)(F)C(F)(F)C(F)(F)C(F)(F)C(F)(F)C(F)(F)C(F)(F)F)c1cccc(C(C)(C)C)c1. The molecule has 0 aliphatic heterocycles. The first-order chi connectivity index (χ1) is 15.6. The van der Waals surface area contributed by atoms with Crippen LogP contribution in [0.1, 0.15) is 44.4 Å². The minimum absolute atomic E-state index is 0.371. The number of methoxy groups -OCH3 is 1. The molecule has 0 N–H and O–H groups in total. The molecule has 36 heavy (non-hydrogen) atoms. The molecule has 0 aliphatic carbocycles. The standard InChI is InChI=1S/C20H19F15O/c1-13(2,3)11-7-5-6-10(8-11)12(36-4)9-14(21,22)15(23,24)16(25,26)17(27,28)18(29,30)19(31,32)20(33,34)35/h5-8,12H,9H2,1-4H3. The lowest BCUT2D eigenvalue weighted by atomic mass is 9.84. The summed E-state index contributed by atoms with van der Waals surface area (Å²) >= 11 is 0. The Morgan fingerprint density at radius 1 is 0.639 bits per heavy atom. The van der Waals surface area contributed by atoms with Gasteiger partial charge in [0.05, 0.1) is 6.10 Å². The molecular formula is C20H19F15O. The van der Waals surface area contributed by atoms with E-state index in [9.17, 15) is 65.9 Å². The van der Waals surface area contributed by atoms with Crippen LogP contribution in [-0.4, -0.2) is 48.8 Å². The van der Waals surface area contributed by atoms with Crippen molar-refractivity contribution in [2.45, 2.75) is 80.4 Å². The maximum atomic E-state index is 14.3. The molecule has 0 saturated carbocycles. The van der Waals surface area contributed by atoms with Crippen LogP contribution in [0.15, 0.2) is 24.3 Å². The largest absolute Gasteiger partial charge is 0.460 e. The van der Waals surface area contributed by atoms with Gasteiger partial charge in [-0.25, -0.2) is 0 Å². The van der Waals surface area contributed by atoms with Crippen LogP contribution in [0.4, 0.5) is 65.9 Å². The van der Waals surface area contributed by atoms with Gasteiger partial charge in [0.15, 0.2) is 0 Å². The maximum absolute atomic E-state index is 14.3. The Kier molecular flexibility index (Phi) is 8.18. The van der Waals surface area contributed by atoms with Crippen LogP contribution in [0.3, 0.4) is 0 Å². The molecule has 1 aromatic rings. The van der Waals surface area contributed by atoms with Crippen molar-refractivity contribution in [2.75, 3.05) is 7.11 Å². The lowest BCUT2D eigenvalue weighted by Crippen LogP contribution is -2.72. The van der Waals surface area contributed by atoms with Crippen molar-refractivity contribution in [3.63, 3.8) is 0 Å². The molecular weight excluding hydrogens is 541 g/mol. The molecule has 0 bridgehead atoms. The van der Waals surface area contributed by atoms with Crippen molar-refractivity contribution in [2.24, 2.45) is 0 Å². The van der Waals surface area contributed by atoms with Crippen LogP contribution in [0, 0.1) is 0 Å². The van der Waals surface area contributed by atoms with Crippen molar-refractivity contribution in [1.29, 1.82) is 0 Å². The molecule has 1 rings (SSSR count). The van der Waals surface area contributed by atoms with E-state index in [2.05, 4.69) is 4.74 Å². The molecule has 210 valence electrons. The highest BCUT2D eigenvalue weighted by Crippen LogP contribution is 2.63. The Morgan fingerprint density at radius 3 is 1.44 bits per heavy atom. The Morgan fingerprint density at radius 2 is 1.06 bits per heavy atom. The van der Waals surface area contributed by atoms with Gasteiger partial charge in [0.2, 0.25) is 0 Å². The Bertz CT molecular complexity index is 912. The number of alkyl halides is 15. The van der Waals surface area contributed by atoms with Crippen LogP contribution >= 0.6 is 0 Å². The van der Waals surface area contributed by atoms with Crippen molar-refractivity contribution < 1.29 is 70.6 Å². The van der Waals surface area contributed by atoms with Gasteiger partial charge >= 0.3 is 41.7 Å².